The summed E-state index contributed by atoms with van der Waals surface area (Å²) in [7, 11) is 7.39. The number of aryl methyl sites for hydroxylation is 1. The van der Waals surface area contributed by atoms with Gasteiger partial charge in [0.2, 0.25) is 11.9 Å². The molecule has 2 aromatic heterocycles. The smallest absolute Gasteiger partial charge is 0.227 e. The molecule has 1 aromatic carbocycles. The number of carbonyl (C=O) groups is 1. The van der Waals surface area contributed by atoms with Gasteiger partial charge in [-0.25, -0.2) is 9.97 Å². The highest BCUT2D eigenvalue weighted by atomic mass is 16.5. The molecular formula is C24H30N6O2. The van der Waals surface area contributed by atoms with Crippen molar-refractivity contribution in [2.24, 2.45) is 7.05 Å². The van der Waals surface area contributed by atoms with Crippen molar-refractivity contribution in [1.82, 2.24) is 24.6 Å². The predicted molar refractivity (Wildman–Crippen MR) is 124 cm³/mol. The topological polar surface area (TPSA) is 76.4 Å². The van der Waals surface area contributed by atoms with Crippen LogP contribution in [0.4, 0.5) is 5.95 Å². The van der Waals surface area contributed by atoms with E-state index in [0.29, 0.717) is 12.4 Å². The van der Waals surface area contributed by atoms with E-state index < -0.39 is 0 Å². The second-order valence-corrected chi connectivity index (χ2v) is 8.39. The lowest BCUT2D eigenvalue weighted by atomic mass is 9.94. The third-order valence-corrected chi connectivity index (χ3v) is 5.87. The van der Waals surface area contributed by atoms with Crippen molar-refractivity contribution in [3.63, 3.8) is 0 Å². The number of piperidine rings is 1. The van der Waals surface area contributed by atoms with Crippen LogP contribution < -0.4 is 9.64 Å². The van der Waals surface area contributed by atoms with E-state index >= 15 is 0 Å². The zero-order valence-corrected chi connectivity index (χ0v) is 19.2. The molecule has 4 rings (SSSR count). The normalized spacial score (nSPS) is 16.1. The lowest BCUT2D eigenvalue weighted by Gasteiger charge is -2.36. The molecule has 3 aromatic rings. The quantitative estimate of drug-likeness (QED) is 0.593. The summed E-state index contributed by atoms with van der Waals surface area (Å²) in [6, 6.07) is 7.60. The van der Waals surface area contributed by atoms with Crippen molar-refractivity contribution in [1.29, 1.82) is 0 Å². The summed E-state index contributed by atoms with van der Waals surface area (Å²) in [6.07, 6.45) is 8.94. The molecule has 1 aliphatic heterocycles. The van der Waals surface area contributed by atoms with Gasteiger partial charge in [-0.3, -0.25) is 9.48 Å². The number of aromatic nitrogens is 4. The second-order valence-electron chi connectivity index (χ2n) is 8.39. The summed E-state index contributed by atoms with van der Waals surface area (Å²) < 4.78 is 7.00. The largest absolute Gasteiger partial charge is 0.497 e. The third-order valence-electron chi connectivity index (χ3n) is 5.87. The van der Waals surface area contributed by atoms with Crippen molar-refractivity contribution in [2.45, 2.75) is 31.7 Å². The first-order valence-electron chi connectivity index (χ1n) is 10.9. The van der Waals surface area contributed by atoms with Crippen molar-refractivity contribution in [2.75, 3.05) is 32.6 Å². The van der Waals surface area contributed by atoms with Gasteiger partial charge in [-0.2, -0.15) is 5.10 Å². The fraction of sp³-hybridized carbons (Fsp3) is 0.417. The van der Waals surface area contributed by atoms with E-state index in [0.717, 1.165) is 53.9 Å². The van der Waals surface area contributed by atoms with E-state index in [1.165, 1.54) is 0 Å². The molecule has 0 spiro atoms. The number of likely N-dealkylation sites (tertiary alicyclic amines) is 1. The maximum absolute atomic E-state index is 13.4. The number of methoxy groups -OCH3 is 1. The Hall–Kier alpha value is -3.42. The number of benzene rings is 1. The van der Waals surface area contributed by atoms with Crippen LogP contribution in [0.25, 0.3) is 11.1 Å². The number of nitrogens with zero attached hydrogens (tertiary/aromatic N) is 6. The Labute approximate surface area is 188 Å². The van der Waals surface area contributed by atoms with Crippen LogP contribution in [0.15, 0.2) is 42.9 Å². The van der Waals surface area contributed by atoms with Crippen molar-refractivity contribution in [3.05, 3.63) is 54.1 Å². The minimum Gasteiger partial charge on any atom is -0.497 e. The van der Waals surface area contributed by atoms with Gasteiger partial charge in [0.1, 0.15) is 5.75 Å². The summed E-state index contributed by atoms with van der Waals surface area (Å²) in [5, 5.41) is 4.32. The van der Waals surface area contributed by atoms with Crippen LogP contribution in [-0.2, 0) is 18.3 Å². The maximum atomic E-state index is 13.4. The first-order chi connectivity index (χ1) is 15.5. The first kappa shape index (κ1) is 21.8. The molecule has 1 aliphatic rings. The number of ether oxygens (including phenoxy) is 1. The van der Waals surface area contributed by atoms with Gasteiger partial charge >= 0.3 is 0 Å². The van der Waals surface area contributed by atoms with Crippen LogP contribution in [0.5, 0.6) is 5.75 Å². The Balaban J connectivity index is 1.67. The van der Waals surface area contributed by atoms with Crippen molar-refractivity contribution >= 4 is 11.9 Å². The number of anilines is 1. The molecule has 3 heterocycles. The van der Waals surface area contributed by atoms with E-state index in [4.69, 9.17) is 9.72 Å². The molecule has 168 valence electrons. The van der Waals surface area contributed by atoms with Crippen LogP contribution in [0, 0.1) is 0 Å². The summed E-state index contributed by atoms with van der Waals surface area (Å²) in [4.78, 5) is 26.7. The van der Waals surface area contributed by atoms with Crippen LogP contribution in [0.3, 0.4) is 0 Å². The average molecular weight is 435 g/mol. The van der Waals surface area contributed by atoms with E-state index in [1.54, 1.807) is 11.8 Å². The monoisotopic (exact) mass is 434 g/mol. The molecule has 8 nitrogen and oxygen atoms in total. The highest BCUT2D eigenvalue weighted by Gasteiger charge is 2.31. The minimum absolute atomic E-state index is 0.0913. The maximum Gasteiger partial charge on any atom is 0.227 e. The standard InChI is InChI=1S/C24H30N6O2/c1-28(2)24-25-15-20(18-14-26-29(3)16-18)23(27-24)21-7-5-6-12-30(21)22(31)13-17-8-10-19(32-4)11-9-17/h8-11,14-16,21H,5-7,12-13H2,1-4H3/t21-/m0/s1. The Kier molecular flexibility index (Phi) is 6.39. The van der Waals surface area contributed by atoms with E-state index in [1.807, 2.05) is 73.8 Å². The van der Waals surface area contributed by atoms with Crippen molar-refractivity contribution < 1.29 is 9.53 Å². The number of hydrogen-bond donors (Lipinski definition) is 0. The van der Waals surface area contributed by atoms with Gasteiger partial charge in [-0.05, 0) is 37.0 Å². The Morgan fingerprint density at radius 2 is 1.97 bits per heavy atom. The molecule has 1 saturated heterocycles. The molecule has 0 bridgehead atoms. The fourth-order valence-corrected chi connectivity index (χ4v) is 4.17. The van der Waals surface area contributed by atoms with Gasteiger partial charge < -0.3 is 14.5 Å². The Bertz CT molecular complexity index is 1080. The zero-order valence-electron chi connectivity index (χ0n) is 19.2. The number of carbonyl (C=O) groups excluding carboxylic acids is 1. The van der Waals surface area contributed by atoms with Gasteiger partial charge in [-0.15, -0.1) is 0 Å². The van der Waals surface area contributed by atoms with Crippen molar-refractivity contribution in [3.8, 4) is 16.9 Å². The molecular weight excluding hydrogens is 404 g/mol. The van der Waals surface area contributed by atoms with Crippen LogP contribution in [0.2, 0.25) is 0 Å². The summed E-state index contributed by atoms with van der Waals surface area (Å²) >= 11 is 0. The van der Waals surface area contributed by atoms with Gasteiger partial charge in [0, 0.05) is 51.2 Å². The minimum atomic E-state index is -0.0913. The fourth-order valence-electron chi connectivity index (χ4n) is 4.17. The second kappa shape index (κ2) is 9.38. The molecule has 0 N–H and O–H groups in total. The molecule has 1 amide bonds. The summed E-state index contributed by atoms with van der Waals surface area (Å²) in [6.45, 7) is 0.730. The highest BCUT2D eigenvalue weighted by molar-refractivity contribution is 5.80. The summed E-state index contributed by atoms with van der Waals surface area (Å²) in [5.41, 5.74) is 3.75. The lowest BCUT2D eigenvalue weighted by Crippen LogP contribution is -2.40. The molecule has 0 unspecified atom stereocenters. The van der Waals surface area contributed by atoms with Crippen LogP contribution in [0.1, 0.15) is 36.6 Å². The third kappa shape index (κ3) is 4.59. The van der Waals surface area contributed by atoms with Gasteiger partial charge in [-0.1, -0.05) is 12.1 Å². The Morgan fingerprint density at radius 3 is 2.62 bits per heavy atom. The van der Waals surface area contributed by atoms with Crippen LogP contribution in [-0.4, -0.2) is 58.3 Å². The van der Waals surface area contributed by atoms with Gasteiger partial charge in [0.15, 0.2) is 0 Å². The number of rotatable bonds is 6. The first-order valence-corrected chi connectivity index (χ1v) is 10.9. The lowest BCUT2D eigenvalue weighted by molar-refractivity contribution is -0.134. The molecule has 0 radical (unpaired) electrons. The molecule has 1 atom stereocenters. The molecule has 0 aliphatic carbocycles. The number of hydrogen-bond acceptors (Lipinski definition) is 6. The van der Waals surface area contributed by atoms with Gasteiger partial charge in [0.05, 0.1) is 31.5 Å². The predicted octanol–water partition coefficient (Wildman–Crippen LogP) is 3.25. The summed E-state index contributed by atoms with van der Waals surface area (Å²) in [5.74, 6) is 1.54. The molecule has 8 heteroatoms. The van der Waals surface area contributed by atoms with Crippen LogP contribution >= 0.6 is 0 Å². The zero-order chi connectivity index (χ0) is 22.7. The van der Waals surface area contributed by atoms with Gasteiger partial charge in [0.25, 0.3) is 0 Å². The number of amides is 1. The highest BCUT2D eigenvalue weighted by Crippen LogP contribution is 2.36. The molecule has 1 fully saturated rings. The van der Waals surface area contributed by atoms with E-state index in [9.17, 15) is 4.79 Å². The average Bonchev–Trinajstić information content (AvgIpc) is 3.25. The van der Waals surface area contributed by atoms with E-state index in [-0.39, 0.29) is 11.9 Å². The van der Waals surface area contributed by atoms with E-state index in [2.05, 4.69) is 10.1 Å². The SMILES string of the molecule is COc1ccc(CC(=O)N2CCCC[C@H]2c2nc(N(C)C)ncc2-c2cnn(C)c2)cc1. The molecule has 32 heavy (non-hydrogen) atoms. The molecule has 0 saturated carbocycles. The Morgan fingerprint density at radius 1 is 1.19 bits per heavy atom.